The molecule has 5 nitrogen and oxygen atoms in total. The Morgan fingerprint density at radius 1 is 1.42 bits per heavy atom. The van der Waals surface area contributed by atoms with E-state index in [4.69, 9.17) is 27.6 Å². The number of thiazole rings is 1. The molecule has 26 heavy (non-hydrogen) atoms. The van der Waals surface area contributed by atoms with Gasteiger partial charge < -0.3 is 4.42 Å². The number of nitrogens with zero attached hydrogens (tertiary/aromatic N) is 3. The molecule has 0 fully saturated rings. The smallest absolute Gasteiger partial charge is 0.391 e. The fourth-order valence-corrected chi connectivity index (χ4v) is 4.36. The van der Waals surface area contributed by atoms with Crippen molar-refractivity contribution >= 4 is 56.5 Å². The third kappa shape index (κ3) is 4.14. The zero-order valence-electron chi connectivity index (χ0n) is 14.0. The van der Waals surface area contributed by atoms with Crippen molar-refractivity contribution < 1.29 is 8.81 Å². The molecule has 0 unspecified atom stereocenters. The molecule has 3 rings (SSSR count). The standard InChI is InChI=1S/C16H14Cl2FN3O2S2/c1-16(2,3)13-21-22(15(23)24-13)10-7-9-11(6-8(10)19)26-14(20-9)25-5-4-12(17)18/h4,6-7H,5H2,1-3H3. The van der Waals surface area contributed by atoms with Crippen molar-refractivity contribution in [3.05, 3.63) is 45.0 Å². The molecular formula is C16H14Cl2FN3O2S2. The molecule has 2 aromatic heterocycles. The highest BCUT2D eigenvalue weighted by molar-refractivity contribution is 8.01. The van der Waals surface area contributed by atoms with Crippen molar-refractivity contribution in [2.24, 2.45) is 0 Å². The van der Waals surface area contributed by atoms with Crippen LogP contribution in [0.2, 0.25) is 0 Å². The van der Waals surface area contributed by atoms with Crippen LogP contribution in [0.25, 0.3) is 15.9 Å². The Bertz CT molecular complexity index is 1050. The number of aromatic nitrogens is 3. The number of thioether (sulfide) groups is 1. The predicted molar refractivity (Wildman–Crippen MR) is 104 cm³/mol. The van der Waals surface area contributed by atoms with Crippen LogP contribution in [0.15, 0.2) is 36.3 Å². The second-order valence-corrected chi connectivity index (χ2v) is 9.70. The first-order valence-corrected chi connectivity index (χ1v) is 10.1. The minimum atomic E-state index is -0.736. The molecule has 1 aromatic carbocycles. The molecule has 0 aliphatic heterocycles. The van der Waals surface area contributed by atoms with E-state index in [0.717, 1.165) is 9.02 Å². The van der Waals surface area contributed by atoms with E-state index in [1.807, 2.05) is 20.8 Å². The second kappa shape index (κ2) is 7.34. The molecule has 10 heteroatoms. The molecule has 0 aliphatic carbocycles. The van der Waals surface area contributed by atoms with E-state index >= 15 is 0 Å². The van der Waals surface area contributed by atoms with Crippen LogP contribution in [-0.2, 0) is 5.41 Å². The van der Waals surface area contributed by atoms with E-state index in [0.29, 0.717) is 16.0 Å². The lowest BCUT2D eigenvalue weighted by Crippen LogP contribution is -2.15. The molecule has 0 spiro atoms. The van der Waals surface area contributed by atoms with Crippen LogP contribution >= 0.6 is 46.3 Å². The van der Waals surface area contributed by atoms with Gasteiger partial charge in [0.2, 0.25) is 5.89 Å². The van der Waals surface area contributed by atoms with Gasteiger partial charge in [-0.2, -0.15) is 4.68 Å². The normalized spacial score (nSPS) is 11.9. The van der Waals surface area contributed by atoms with Crippen molar-refractivity contribution in [3.8, 4) is 5.69 Å². The highest BCUT2D eigenvalue weighted by Gasteiger charge is 2.24. The van der Waals surface area contributed by atoms with E-state index in [1.54, 1.807) is 6.08 Å². The summed E-state index contributed by atoms with van der Waals surface area (Å²) in [4.78, 5) is 16.5. The van der Waals surface area contributed by atoms with Crippen LogP contribution in [-0.4, -0.2) is 20.5 Å². The van der Waals surface area contributed by atoms with E-state index in [1.165, 1.54) is 35.2 Å². The summed E-state index contributed by atoms with van der Waals surface area (Å²) in [5.41, 5.74) is 0.112. The maximum atomic E-state index is 14.5. The first-order chi connectivity index (χ1) is 12.1. The summed E-state index contributed by atoms with van der Waals surface area (Å²) in [6.07, 6.45) is 1.65. The largest absolute Gasteiger partial charge is 0.442 e. The van der Waals surface area contributed by atoms with Crippen LogP contribution in [0.3, 0.4) is 0 Å². The van der Waals surface area contributed by atoms with Crippen molar-refractivity contribution in [2.45, 2.75) is 30.5 Å². The van der Waals surface area contributed by atoms with Gasteiger partial charge in [-0.15, -0.1) is 16.4 Å². The molecule has 2 heterocycles. The van der Waals surface area contributed by atoms with Gasteiger partial charge in [0.25, 0.3) is 0 Å². The minimum absolute atomic E-state index is 0.00676. The first kappa shape index (κ1) is 19.4. The zero-order valence-corrected chi connectivity index (χ0v) is 17.2. The maximum absolute atomic E-state index is 14.5. The molecule has 0 radical (unpaired) electrons. The molecule has 0 amide bonds. The summed E-state index contributed by atoms with van der Waals surface area (Å²) >= 11 is 13.9. The molecule has 0 atom stereocenters. The van der Waals surface area contributed by atoms with E-state index in [9.17, 15) is 9.18 Å². The van der Waals surface area contributed by atoms with Crippen LogP contribution in [0.1, 0.15) is 26.7 Å². The average Bonchev–Trinajstić information content (AvgIpc) is 3.08. The fraction of sp³-hybridized carbons (Fsp3) is 0.312. The van der Waals surface area contributed by atoms with E-state index in [2.05, 4.69) is 10.1 Å². The maximum Gasteiger partial charge on any atom is 0.442 e. The van der Waals surface area contributed by atoms with Crippen molar-refractivity contribution in [3.63, 3.8) is 0 Å². The van der Waals surface area contributed by atoms with Crippen LogP contribution in [0.4, 0.5) is 4.39 Å². The Morgan fingerprint density at radius 2 is 2.15 bits per heavy atom. The van der Waals surface area contributed by atoms with Gasteiger partial charge >= 0.3 is 5.76 Å². The first-order valence-electron chi connectivity index (χ1n) is 7.50. The summed E-state index contributed by atoms with van der Waals surface area (Å²) in [6, 6.07) is 2.83. The molecule has 0 N–H and O–H groups in total. The zero-order chi connectivity index (χ0) is 19.1. The molecule has 0 saturated heterocycles. The SMILES string of the molecule is CC(C)(C)c1nn(-c2cc3nc(SCC=C(Cl)Cl)sc3cc2F)c(=O)o1. The van der Waals surface area contributed by atoms with Crippen LogP contribution in [0, 0.1) is 5.82 Å². The summed E-state index contributed by atoms with van der Waals surface area (Å²) in [7, 11) is 0. The Hall–Kier alpha value is -1.35. The Morgan fingerprint density at radius 3 is 2.77 bits per heavy atom. The number of fused-ring (bicyclic) bond motifs is 1. The average molecular weight is 434 g/mol. The number of halogens is 3. The highest BCUT2D eigenvalue weighted by atomic mass is 35.5. The van der Waals surface area contributed by atoms with Crippen LogP contribution < -0.4 is 5.76 Å². The molecule has 3 aromatic rings. The van der Waals surface area contributed by atoms with Gasteiger partial charge in [-0.1, -0.05) is 55.7 Å². The van der Waals surface area contributed by atoms with Crippen molar-refractivity contribution in [1.29, 1.82) is 0 Å². The molecule has 138 valence electrons. The van der Waals surface area contributed by atoms with Crippen molar-refractivity contribution in [2.75, 3.05) is 5.75 Å². The fourth-order valence-electron chi connectivity index (χ4n) is 2.05. The Labute approximate surface area is 166 Å². The van der Waals surface area contributed by atoms with Gasteiger partial charge in [-0.05, 0) is 18.2 Å². The lowest BCUT2D eigenvalue weighted by atomic mass is 9.97. The molecule has 0 aliphatic rings. The Kier molecular flexibility index (Phi) is 5.48. The summed E-state index contributed by atoms with van der Waals surface area (Å²) < 4.78 is 22.2. The van der Waals surface area contributed by atoms with Gasteiger partial charge in [-0.25, -0.2) is 14.2 Å². The minimum Gasteiger partial charge on any atom is -0.391 e. The van der Waals surface area contributed by atoms with Gasteiger partial charge in [0.1, 0.15) is 10.2 Å². The predicted octanol–water partition coefficient (Wildman–Crippen LogP) is 5.28. The third-order valence-electron chi connectivity index (χ3n) is 3.30. The topological polar surface area (TPSA) is 60.9 Å². The summed E-state index contributed by atoms with van der Waals surface area (Å²) in [5.74, 6) is -0.520. The number of hydrogen-bond acceptors (Lipinski definition) is 6. The highest BCUT2D eigenvalue weighted by Crippen LogP contribution is 2.32. The lowest BCUT2D eigenvalue weighted by molar-refractivity contribution is 0.375. The number of hydrogen-bond donors (Lipinski definition) is 0. The molecular weight excluding hydrogens is 420 g/mol. The van der Waals surface area contributed by atoms with Gasteiger partial charge in [0.15, 0.2) is 10.2 Å². The van der Waals surface area contributed by atoms with Gasteiger partial charge in [-0.3, -0.25) is 0 Å². The van der Waals surface area contributed by atoms with Crippen molar-refractivity contribution in [1.82, 2.24) is 14.8 Å². The Balaban J connectivity index is 2.00. The number of rotatable bonds is 4. The van der Waals surface area contributed by atoms with Crippen LogP contribution in [0.5, 0.6) is 0 Å². The van der Waals surface area contributed by atoms with E-state index < -0.39 is 17.0 Å². The molecule has 0 bridgehead atoms. The lowest BCUT2D eigenvalue weighted by Gasteiger charge is -2.10. The van der Waals surface area contributed by atoms with E-state index in [-0.39, 0.29) is 16.1 Å². The third-order valence-corrected chi connectivity index (χ3v) is 5.70. The van der Waals surface area contributed by atoms with Gasteiger partial charge in [0, 0.05) is 11.2 Å². The summed E-state index contributed by atoms with van der Waals surface area (Å²) in [5, 5.41) is 4.13. The van der Waals surface area contributed by atoms with Gasteiger partial charge in [0.05, 0.1) is 10.2 Å². The quantitative estimate of drug-likeness (QED) is 0.523. The summed E-state index contributed by atoms with van der Waals surface area (Å²) in [6.45, 7) is 5.56. The molecule has 0 saturated carbocycles. The second-order valence-electron chi connectivity index (χ2n) is 6.39. The number of benzene rings is 1. The monoisotopic (exact) mass is 433 g/mol.